The van der Waals surface area contributed by atoms with Crippen LogP contribution >= 0.6 is 0 Å². The highest BCUT2D eigenvalue weighted by Crippen LogP contribution is 2.23. The number of carbonyl (C=O) groups excluding carboxylic acids is 1. The molecule has 2 rings (SSSR count). The fourth-order valence-corrected chi connectivity index (χ4v) is 1.68. The van der Waals surface area contributed by atoms with E-state index in [1.807, 2.05) is 25.1 Å². The summed E-state index contributed by atoms with van der Waals surface area (Å²) in [6, 6.07) is 5.93. The Labute approximate surface area is 78.0 Å². The summed E-state index contributed by atoms with van der Waals surface area (Å²) in [5, 5.41) is 3.27. The fraction of sp³-hybridized carbons (Fsp3) is 0.364. The standard InChI is InChI=1S/C11H13NO/c1-2-11(13)9-3-4-10-8(7-9)5-6-12-10/h3-4,7,12H,2,5-6H2,1H3. The van der Waals surface area contributed by atoms with E-state index < -0.39 is 0 Å². The lowest BCUT2D eigenvalue weighted by atomic mass is 10.0. The number of rotatable bonds is 2. The van der Waals surface area contributed by atoms with Crippen LogP contribution in [0.3, 0.4) is 0 Å². The van der Waals surface area contributed by atoms with Gasteiger partial charge in [-0.3, -0.25) is 4.79 Å². The van der Waals surface area contributed by atoms with Crippen LogP contribution in [0.15, 0.2) is 18.2 Å². The molecule has 13 heavy (non-hydrogen) atoms. The van der Waals surface area contributed by atoms with Gasteiger partial charge in [0.2, 0.25) is 0 Å². The molecule has 0 aromatic heterocycles. The maximum atomic E-state index is 11.4. The van der Waals surface area contributed by atoms with Gasteiger partial charge in [0.05, 0.1) is 0 Å². The van der Waals surface area contributed by atoms with Crippen LogP contribution in [-0.4, -0.2) is 12.3 Å². The van der Waals surface area contributed by atoms with Gasteiger partial charge in [-0.25, -0.2) is 0 Å². The second-order valence-electron chi connectivity index (χ2n) is 3.33. The van der Waals surface area contributed by atoms with E-state index in [1.54, 1.807) is 0 Å². The molecule has 0 fully saturated rings. The van der Waals surface area contributed by atoms with E-state index in [1.165, 1.54) is 11.3 Å². The van der Waals surface area contributed by atoms with E-state index in [-0.39, 0.29) is 5.78 Å². The smallest absolute Gasteiger partial charge is 0.162 e. The summed E-state index contributed by atoms with van der Waals surface area (Å²) in [5.74, 6) is 0.231. The van der Waals surface area contributed by atoms with Gasteiger partial charge in [0, 0.05) is 24.2 Å². The molecular weight excluding hydrogens is 162 g/mol. The van der Waals surface area contributed by atoms with E-state index in [4.69, 9.17) is 0 Å². The van der Waals surface area contributed by atoms with Crippen molar-refractivity contribution in [2.24, 2.45) is 0 Å². The van der Waals surface area contributed by atoms with Gasteiger partial charge in [-0.1, -0.05) is 6.92 Å². The number of hydrogen-bond acceptors (Lipinski definition) is 2. The van der Waals surface area contributed by atoms with Crippen LogP contribution in [0.5, 0.6) is 0 Å². The number of hydrogen-bond donors (Lipinski definition) is 1. The molecule has 0 atom stereocenters. The van der Waals surface area contributed by atoms with Gasteiger partial charge in [-0.2, -0.15) is 0 Å². The molecule has 0 saturated heterocycles. The van der Waals surface area contributed by atoms with Crippen molar-refractivity contribution in [3.8, 4) is 0 Å². The van der Waals surface area contributed by atoms with E-state index in [0.717, 1.165) is 18.5 Å². The second kappa shape index (κ2) is 3.21. The van der Waals surface area contributed by atoms with Crippen LogP contribution in [0.25, 0.3) is 0 Å². The first-order valence-electron chi connectivity index (χ1n) is 4.71. The van der Waals surface area contributed by atoms with Crippen molar-refractivity contribution in [3.05, 3.63) is 29.3 Å². The average Bonchev–Trinajstić information content (AvgIpc) is 2.63. The lowest BCUT2D eigenvalue weighted by Crippen LogP contribution is -1.96. The molecule has 0 saturated carbocycles. The maximum Gasteiger partial charge on any atom is 0.162 e. The minimum absolute atomic E-state index is 0.231. The summed E-state index contributed by atoms with van der Waals surface area (Å²) in [5.41, 5.74) is 3.32. The van der Waals surface area contributed by atoms with Gasteiger partial charge < -0.3 is 5.32 Å². The molecule has 1 aromatic rings. The molecule has 0 bridgehead atoms. The molecule has 0 radical (unpaired) electrons. The molecule has 1 heterocycles. The van der Waals surface area contributed by atoms with Gasteiger partial charge in [0.25, 0.3) is 0 Å². The summed E-state index contributed by atoms with van der Waals surface area (Å²) in [4.78, 5) is 11.4. The summed E-state index contributed by atoms with van der Waals surface area (Å²) in [7, 11) is 0. The Morgan fingerprint density at radius 2 is 2.38 bits per heavy atom. The summed E-state index contributed by atoms with van der Waals surface area (Å²) in [6.07, 6.45) is 1.63. The predicted octanol–water partition coefficient (Wildman–Crippen LogP) is 2.25. The minimum atomic E-state index is 0.231. The molecule has 68 valence electrons. The van der Waals surface area contributed by atoms with Crippen molar-refractivity contribution in [3.63, 3.8) is 0 Å². The highest BCUT2D eigenvalue weighted by Gasteiger charge is 2.11. The van der Waals surface area contributed by atoms with Crippen LogP contribution in [0.4, 0.5) is 5.69 Å². The van der Waals surface area contributed by atoms with Crippen molar-refractivity contribution >= 4 is 11.5 Å². The third-order valence-electron chi connectivity index (χ3n) is 2.46. The van der Waals surface area contributed by atoms with Crippen LogP contribution in [-0.2, 0) is 6.42 Å². The number of anilines is 1. The first kappa shape index (κ1) is 8.30. The predicted molar refractivity (Wildman–Crippen MR) is 53.3 cm³/mol. The molecular formula is C11H13NO. The number of carbonyl (C=O) groups is 1. The number of nitrogens with one attached hydrogen (secondary N) is 1. The van der Waals surface area contributed by atoms with Crippen molar-refractivity contribution in [1.29, 1.82) is 0 Å². The molecule has 1 aliphatic heterocycles. The third kappa shape index (κ3) is 1.44. The SMILES string of the molecule is CCC(=O)c1ccc2c(c1)CCN2. The molecule has 1 N–H and O–H groups in total. The Morgan fingerprint density at radius 1 is 1.54 bits per heavy atom. The summed E-state index contributed by atoms with van der Waals surface area (Å²) >= 11 is 0. The van der Waals surface area contributed by atoms with Gasteiger partial charge >= 0.3 is 0 Å². The van der Waals surface area contributed by atoms with Crippen LogP contribution in [0, 0.1) is 0 Å². The third-order valence-corrected chi connectivity index (χ3v) is 2.46. The van der Waals surface area contributed by atoms with Crippen LogP contribution < -0.4 is 5.32 Å². The zero-order valence-corrected chi connectivity index (χ0v) is 7.76. The second-order valence-corrected chi connectivity index (χ2v) is 3.33. The number of fused-ring (bicyclic) bond motifs is 1. The van der Waals surface area contributed by atoms with Gasteiger partial charge in [-0.15, -0.1) is 0 Å². The number of Topliss-reactive ketones (excluding diaryl/α,β-unsaturated/α-hetero) is 1. The van der Waals surface area contributed by atoms with Crippen molar-refractivity contribution in [2.75, 3.05) is 11.9 Å². The number of ketones is 1. The van der Waals surface area contributed by atoms with Gasteiger partial charge in [0.1, 0.15) is 0 Å². The Balaban J connectivity index is 2.36. The summed E-state index contributed by atoms with van der Waals surface area (Å²) in [6.45, 7) is 2.90. The first-order chi connectivity index (χ1) is 6.31. The fourth-order valence-electron chi connectivity index (χ4n) is 1.68. The first-order valence-corrected chi connectivity index (χ1v) is 4.71. The van der Waals surface area contributed by atoms with Crippen LogP contribution in [0.1, 0.15) is 29.3 Å². The molecule has 0 amide bonds. The zero-order chi connectivity index (χ0) is 9.26. The van der Waals surface area contributed by atoms with Gasteiger partial charge in [-0.05, 0) is 30.2 Å². The zero-order valence-electron chi connectivity index (χ0n) is 7.76. The molecule has 1 aromatic carbocycles. The summed E-state index contributed by atoms with van der Waals surface area (Å²) < 4.78 is 0. The Bertz CT molecular complexity index is 344. The molecule has 2 heteroatoms. The largest absolute Gasteiger partial charge is 0.384 e. The average molecular weight is 175 g/mol. The van der Waals surface area contributed by atoms with Crippen molar-refractivity contribution in [2.45, 2.75) is 19.8 Å². The lowest BCUT2D eigenvalue weighted by Gasteiger charge is -2.02. The van der Waals surface area contributed by atoms with E-state index in [0.29, 0.717) is 6.42 Å². The van der Waals surface area contributed by atoms with E-state index in [9.17, 15) is 4.79 Å². The number of benzene rings is 1. The highest BCUT2D eigenvalue weighted by molar-refractivity contribution is 5.96. The molecule has 0 spiro atoms. The topological polar surface area (TPSA) is 29.1 Å². The lowest BCUT2D eigenvalue weighted by molar-refractivity contribution is 0.0988. The molecule has 1 aliphatic rings. The monoisotopic (exact) mass is 175 g/mol. The molecule has 2 nitrogen and oxygen atoms in total. The Morgan fingerprint density at radius 3 is 3.15 bits per heavy atom. The minimum Gasteiger partial charge on any atom is -0.384 e. The van der Waals surface area contributed by atoms with Crippen molar-refractivity contribution < 1.29 is 4.79 Å². The van der Waals surface area contributed by atoms with Gasteiger partial charge in [0.15, 0.2) is 5.78 Å². The van der Waals surface area contributed by atoms with E-state index in [2.05, 4.69) is 5.32 Å². The quantitative estimate of drug-likeness (QED) is 0.698. The van der Waals surface area contributed by atoms with Crippen molar-refractivity contribution in [1.82, 2.24) is 0 Å². The molecule has 0 unspecified atom stereocenters. The highest BCUT2D eigenvalue weighted by atomic mass is 16.1. The van der Waals surface area contributed by atoms with E-state index >= 15 is 0 Å². The molecule has 0 aliphatic carbocycles. The Kier molecular flexibility index (Phi) is 2.05. The normalized spacial score (nSPS) is 13.6. The Hall–Kier alpha value is -1.31. The van der Waals surface area contributed by atoms with Crippen LogP contribution in [0.2, 0.25) is 0 Å². The maximum absolute atomic E-state index is 11.4.